The lowest BCUT2D eigenvalue weighted by molar-refractivity contribution is -0.123. The highest BCUT2D eigenvalue weighted by Crippen LogP contribution is 2.27. The molecule has 0 fully saturated rings. The van der Waals surface area contributed by atoms with Crippen LogP contribution in [-0.2, 0) is 4.79 Å². The van der Waals surface area contributed by atoms with Gasteiger partial charge in [0.1, 0.15) is 5.75 Å². The number of nitrogens with one attached hydrogen (secondary N) is 1. The molecule has 0 aliphatic heterocycles. The molecular formula is C18H18Cl2N2O2. The van der Waals surface area contributed by atoms with Gasteiger partial charge in [0.15, 0.2) is 6.61 Å². The molecule has 2 aromatic rings. The van der Waals surface area contributed by atoms with Crippen LogP contribution in [0.2, 0.25) is 10.0 Å². The molecule has 2 aromatic carbocycles. The number of ether oxygens (including phenoxy) is 1. The van der Waals surface area contributed by atoms with Crippen molar-refractivity contribution < 1.29 is 9.53 Å². The predicted molar refractivity (Wildman–Crippen MR) is 98.3 cm³/mol. The van der Waals surface area contributed by atoms with E-state index in [1.54, 1.807) is 24.4 Å². The largest absolute Gasteiger partial charge is 0.482 e. The zero-order valence-corrected chi connectivity index (χ0v) is 15.2. The van der Waals surface area contributed by atoms with Gasteiger partial charge in [0.05, 0.1) is 11.2 Å². The van der Waals surface area contributed by atoms with Gasteiger partial charge >= 0.3 is 0 Å². The van der Waals surface area contributed by atoms with Crippen LogP contribution in [0.1, 0.15) is 22.3 Å². The maximum atomic E-state index is 11.8. The average molecular weight is 365 g/mol. The van der Waals surface area contributed by atoms with E-state index < -0.39 is 0 Å². The van der Waals surface area contributed by atoms with Crippen molar-refractivity contribution in [2.75, 3.05) is 6.61 Å². The number of aryl methyl sites for hydroxylation is 3. The third-order valence-electron chi connectivity index (χ3n) is 3.37. The first-order valence-corrected chi connectivity index (χ1v) is 8.10. The standard InChI is InChI=1S/C18H18Cl2N2O2/c1-11-6-12(2)15(13(3)7-11)9-21-22-18(23)10-24-17-5-4-14(19)8-16(17)20/h4-9H,10H2,1-3H3,(H,22,23)/b21-9-. The minimum Gasteiger partial charge on any atom is -0.482 e. The van der Waals surface area contributed by atoms with E-state index in [2.05, 4.69) is 22.7 Å². The van der Waals surface area contributed by atoms with Crippen molar-refractivity contribution in [1.82, 2.24) is 5.43 Å². The van der Waals surface area contributed by atoms with Crippen LogP contribution in [0, 0.1) is 20.8 Å². The first-order valence-electron chi connectivity index (χ1n) is 7.34. The maximum absolute atomic E-state index is 11.8. The highest BCUT2D eigenvalue weighted by Gasteiger charge is 2.06. The topological polar surface area (TPSA) is 50.7 Å². The van der Waals surface area contributed by atoms with E-state index in [4.69, 9.17) is 27.9 Å². The fraction of sp³-hybridized carbons (Fsp3) is 0.222. The fourth-order valence-corrected chi connectivity index (χ4v) is 2.79. The molecule has 0 atom stereocenters. The molecule has 0 aliphatic carbocycles. The fourth-order valence-electron chi connectivity index (χ4n) is 2.33. The molecule has 1 N–H and O–H groups in total. The van der Waals surface area contributed by atoms with Gasteiger partial charge in [-0.25, -0.2) is 5.43 Å². The molecule has 0 bridgehead atoms. The summed E-state index contributed by atoms with van der Waals surface area (Å²) < 4.78 is 5.34. The number of amides is 1. The lowest BCUT2D eigenvalue weighted by Gasteiger charge is -2.08. The van der Waals surface area contributed by atoms with Gasteiger partial charge in [0, 0.05) is 10.6 Å². The number of halogens is 2. The summed E-state index contributed by atoms with van der Waals surface area (Å²) >= 11 is 11.8. The Kier molecular flexibility index (Phi) is 6.23. The zero-order chi connectivity index (χ0) is 17.7. The van der Waals surface area contributed by atoms with Crippen molar-refractivity contribution >= 4 is 35.3 Å². The van der Waals surface area contributed by atoms with E-state index in [-0.39, 0.29) is 12.5 Å². The van der Waals surface area contributed by atoms with E-state index in [9.17, 15) is 4.79 Å². The van der Waals surface area contributed by atoms with Crippen molar-refractivity contribution in [2.45, 2.75) is 20.8 Å². The molecule has 0 unspecified atom stereocenters. The smallest absolute Gasteiger partial charge is 0.277 e. The van der Waals surface area contributed by atoms with Crippen LogP contribution in [0.4, 0.5) is 0 Å². The van der Waals surface area contributed by atoms with E-state index >= 15 is 0 Å². The Labute approximate surface area is 151 Å². The van der Waals surface area contributed by atoms with Crippen LogP contribution in [0.25, 0.3) is 0 Å². The van der Waals surface area contributed by atoms with E-state index in [0.29, 0.717) is 15.8 Å². The summed E-state index contributed by atoms with van der Waals surface area (Å²) in [5, 5.41) is 4.84. The Balaban J connectivity index is 1.91. The van der Waals surface area contributed by atoms with Gasteiger partial charge < -0.3 is 4.74 Å². The second kappa shape index (κ2) is 8.18. The number of hydrogen-bond donors (Lipinski definition) is 1. The van der Waals surface area contributed by atoms with Gasteiger partial charge in [-0.1, -0.05) is 40.9 Å². The van der Waals surface area contributed by atoms with Crippen LogP contribution < -0.4 is 10.2 Å². The number of carbonyl (C=O) groups is 1. The number of hydrazone groups is 1. The van der Waals surface area contributed by atoms with Crippen molar-refractivity contribution in [3.63, 3.8) is 0 Å². The third kappa shape index (κ3) is 4.98. The molecule has 24 heavy (non-hydrogen) atoms. The molecule has 0 aliphatic rings. The minimum atomic E-state index is -0.375. The molecule has 0 heterocycles. The molecule has 1 amide bonds. The minimum absolute atomic E-state index is 0.190. The van der Waals surface area contributed by atoms with Gasteiger partial charge in [0.2, 0.25) is 0 Å². The lowest BCUT2D eigenvalue weighted by atomic mass is 10.0. The lowest BCUT2D eigenvalue weighted by Crippen LogP contribution is -2.24. The molecule has 126 valence electrons. The van der Waals surface area contributed by atoms with E-state index in [1.807, 2.05) is 20.8 Å². The molecular weight excluding hydrogens is 347 g/mol. The van der Waals surface area contributed by atoms with Gasteiger partial charge in [0.25, 0.3) is 5.91 Å². The van der Waals surface area contributed by atoms with E-state index in [1.165, 1.54) is 5.56 Å². The maximum Gasteiger partial charge on any atom is 0.277 e. The Morgan fingerprint density at radius 3 is 2.46 bits per heavy atom. The Bertz CT molecular complexity index is 766. The van der Waals surface area contributed by atoms with Gasteiger partial charge in [-0.2, -0.15) is 5.10 Å². The molecule has 2 rings (SSSR count). The molecule has 0 saturated carbocycles. The van der Waals surface area contributed by atoms with Crippen LogP contribution >= 0.6 is 23.2 Å². The average Bonchev–Trinajstić information content (AvgIpc) is 2.49. The predicted octanol–water partition coefficient (Wildman–Crippen LogP) is 4.45. The second-order valence-electron chi connectivity index (χ2n) is 5.47. The van der Waals surface area contributed by atoms with Gasteiger partial charge in [-0.05, 0) is 50.1 Å². The summed E-state index contributed by atoms with van der Waals surface area (Å²) in [6, 6.07) is 8.95. The Hall–Kier alpha value is -2.04. The van der Waals surface area contributed by atoms with Crippen LogP contribution in [0.3, 0.4) is 0 Å². The number of hydrogen-bond acceptors (Lipinski definition) is 3. The van der Waals surface area contributed by atoms with Crippen molar-refractivity contribution in [3.8, 4) is 5.75 Å². The normalized spacial score (nSPS) is 10.9. The van der Waals surface area contributed by atoms with Crippen LogP contribution in [0.15, 0.2) is 35.4 Å². The monoisotopic (exact) mass is 364 g/mol. The van der Waals surface area contributed by atoms with Crippen molar-refractivity contribution in [1.29, 1.82) is 0 Å². The molecule has 4 nitrogen and oxygen atoms in total. The molecule has 0 radical (unpaired) electrons. The van der Waals surface area contributed by atoms with Crippen LogP contribution in [-0.4, -0.2) is 18.7 Å². The van der Waals surface area contributed by atoms with Crippen molar-refractivity contribution in [2.24, 2.45) is 5.10 Å². The third-order valence-corrected chi connectivity index (χ3v) is 3.90. The highest BCUT2D eigenvalue weighted by atomic mass is 35.5. The molecule has 0 spiro atoms. The van der Waals surface area contributed by atoms with Crippen molar-refractivity contribution in [3.05, 3.63) is 62.6 Å². The number of benzene rings is 2. The molecule has 0 saturated heterocycles. The Morgan fingerprint density at radius 2 is 1.83 bits per heavy atom. The van der Waals surface area contributed by atoms with Crippen LogP contribution in [0.5, 0.6) is 5.75 Å². The molecule has 6 heteroatoms. The highest BCUT2D eigenvalue weighted by molar-refractivity contribution is 6.35. The number of rotatable bonds is 5. The zero-order valence-electron chi connectivity index (χ0n) is 13.7. The first-order chi connectivity index (χ1) is 11.4. The molecule has 0 aromatic heterocycles. The van der Waals surface area contributed by atoms with Gasteiger partial charge in [-0.15, -0.1) is 0 Å². The quantitative estimate of drug-likeness (QED) is 0.629. The summed E-state index contributed by atoms with van der Waals surface area (Å²) in [5.41, 5.74) is 6.83. The number of carbonyl (C=O) groups excluding carboxylic acids is 1. The summed E-state index contributed by atoms with van der Waals surface area (Å²) in [6.07, 6.45) is 1.64. The SMILES string of the molecule is Cc1cc(C)c(/C=N\NC(=O)COc2ccc(Cl)cc2Cl)c(C)c1. The summed E-state index contributed by atoms with van der Waals surface area (Å²) in [4.78, 5) is 11.8. The summed E-state index contributed by atoms with van der Waals surface area (Å²) in [6.45, 7) is 5.87. The number of nitrogens with zero attached hydrogens (tertiary/aromatic N) is 1. The summed E-state index contributed by atoms with van der Waals surface area (Å²) in [7, 11) is 0. The Morgan fingerprint density at radius 1 is 1.17 bits per heavy atom. The summed E-state index contributed by atoms with van der Waals surface area (Å²) in [5.74, 6) is 0.0186. The first kappa shape index (κ1) is 18.3. The van der Waals surface area contributed by atoms with Gasteiger partial charge in [-0.3, -0.25) is 4.79 Å². The second-order valence-corrected chi connectivity index (χ2v) is 6.31. The van der Waals surface area contributed by atoms with E-state index in [0.717, 1.165) is 16.7 Å².